The Hall–Kier alpha value is -3.36. The van der Waals surface area contributed by atoms with Crippen LogP contribution in [0.3, 0.4) is 0 Å². The number of allylic oxidation sites excluding steroid dienone is 1. The molecular formula is C38H46O7. The molecule has 1 aliphatic rings. The zero-order valence-electron chi connectivity index (χ0n) is 26.2. The number of aliphatic hydroxyl groups excluding tert-OH is 3. The highest BCUT2D eigenvalue weighted by Gasteiger charge is 2.44. The number of esters is 1. The Labute approximate surface area is 265 Å². The Balaban J connectivity index is 1.13. The number of rotatable bonds is 16. The van der Waals surface area contributed by atoms with Crippen LogP contribution in [-0.4, -0.2) is 64.2 Å². The summed E-state index contributed by atoms with van der Waals surface area (Å²) in [6.45, 7) is 1.95. The van der Waals surface area contributed by atoms with Crippen molar-refractivity contribution in [1.29, 1.82) is 0 Å². The summed E-state index contributed by atoms with van der Waals surface area (Å²) in [5.74, 6) is -0.687. The van der Waals surface area contributed by atoms with E-state index in [9.17, 15) is 24.9 Å². The minimum absolute atomic E-state index is 0.198. The molecule has 3 N–H and O–H groups in total. The van der Waals surface area contributed by atoms with Gasteiger partial charge >= 0.3 is 5.97 Å². The van der Waals surface area contributed by atoms with Crippen LogP contribution in [0.25, 0.3) is 38.4 Å². The quantitative estimate of drug-likeness (QED) is 0.0546. The lowest BCUT2D eigenvalue weighted by molar-refractivity contribution is -0.232. The zero-order valence-corrected chi connectivity index (χ0v) is 26.2. The smallest absolute Gasteiger partial charge is 0.305 e. The van der Waals surface area contributed by atoms with Crippen molar-refractivity contribution in [2.24, 2.45) is 0 Å². The lowest BCUT2D eigenvalue weighted by atomic mass is 9.91. The summed E-state index contributed by atoms with van der Waals surface area (Å²) in [5.41, 5.74) is 0.895. The average molecular weight is 615 g/mol. The molecule has 0 bridgehead atoms. The molecule has 0 aliphatic carbocycles. The number of carbonyl (C=O) groups is 2. The Kier molecular flexibility index (Phi) is 11.6. The van der Waals surface area contributed by atoms with Crippen molar-refractivity contribution in [1.82, 2.24) is 0 Å². The molecule has 240 valence electrons. The third kappa shape index (κ3) is 8.08. The van der Waals surface area contributed by atoms with Gasteiger partial charge in [0, 0.05) is 12.8 Å². The van der Waals surface area contributed by atoms with E-state index in [1.165, 1.54) is 50.0 Å². The van der Waals surface area contributed by atoms with Gasteiger partial charge in [-0.1, -0.05) is 119 Å². The van der Waals surface area contributed by atoms with E-state index < -0.39 is 36.5 Å². The standard InChI is InChI=1S/C38H46O7/c1-2-3-4-5-6-7-8-9-10-14-33(40)44-24-32-37(42)38(43)36(41)31(45-32)23-29(39)21-19-25-15-16-28-18-17-26-12-11-13-27-20-22-30(25)35(28)34(26)27/h11-13,15-22,31-32,36-38,41-43H,2-10,14,23-24H2,1H3/b21-19+/t31-,32+,36-,37+,38+/m0/s1. The van der Waals surface area contributed by atoms with Gasteiger partial charge in [-0.25, -0.2) is 0 Å². The molecule has 0 spiro atoms. The Morgan fingerprint density at radius 3 is 2.04 bits per heavy atom. The van der Waals surface area contributed by atoms with E-state index in [0.717, 1.165) is 51.8 Å². The highest BCUT2D eigenvalue weighted by molar-refractivity contribution is 6.24. The fourth-order valence-electron chi connectivity index (χ4n) is 6.51. The number of unbranched alkanes of at least 4 members (excludes halogenated alkanes) is 8. The first kappa shape index (κ1) is 33.0. The molecule has 45 heavy (non-hydrogen) atoms. The highest BCUT2D eigenvalue weighted by Crippen LogP contribution is 2.36. The highest BCUT2D eigenvalue weighted by atomic mass is 16.6. The van der Waals surface area contributed by atoms with Gasteiger partial charge in [-0.3, -0.25) is 9.59 Å². The predicted octanol–water partition coefficient (Wildman–Crippen LogP) is 6.87. The molecule has 4 aromatic rings. The molecule has 5 rings (SSSR count). The fourth-order valence-corrected chi connectivity index (χ4v) is 6.51. The van der Waals surface area contributed by atoms with Gasteiger partial charge in [0.15, 0.2) is 5.78 Å². The van der Waals surface area contributed by atoms with E-state index in [2.05, 4.69) is 43.3 Å². The van der Waals surface area contributed by atoms with Gasteiger partial charge in [0.1, 0.15) is 31.0 Å². The number of benzene rings is 4. The number of carbonyl (C=O) groups excluding carboxylic acids is 2. The molecule has 5 atom stereocenters. The van der Waals surface area contributed by atoms with Crippen LogP contribution in [-0.2, 0) is 19.1 Å². The molecule has 0 unspecified atom stereocenters. The fraction of sp³-hybridized carbons (Fsp3) is 0.474. The first-order valence-corrected chi connectivity index (χ1v) is 16.6. The van der Waals surface area contributed by atoms with Crippen molar-refractivity contribution in [3.8, 4) is 0 Å². The summed E-state index contributed by atoms with van der Waals surface area (Å²) < 4.78 is 11.1. The molecule has 1 heterocycles. The average Bonchev–Trinajstić information content (AvgIpc) is 3.05. The Bertz CT molecular complexity index is 1580. The van der Waals surface area contributed by atoms with E-state index in [1.54, 1.807) is 6.08 Å². The van der Waals surface area contributed by atoms with E-state index in [-0.39, 0.29) is 25.2 Å². The van der Waals surface area contributed by atoms with Crippen LogP contribution in [0.15, 0.2) is 60.7 Å². The summed E-state index contributed by atoms with van der Waals surface area (Å²) in [7, 11) is 0. The van der Waals surface area contributed by atoms with Crippen molar-refractivity contribution in [2.75, 3.05) is 6.61 Å². The Morgan fingerprint density at radius 1 is 0.733 bits per heavy atom. The van der Waals surface area contributed by atoms with Crippen molar-refractivity contribution in [3.05, 3.63) is 66.2 Å². The second kappa shape index (κ2) is 15.8. The summed E-state index contributed by atoms with van der Waals surface area (Å²) in [6, 6.07) is 18.7. The minimum atomic E-state index is -1.53. The van der Waals surface area contributed by atoms with Crippen molar-refractivity contribution >= 4 is 50.1 Å². The third-order valence-electron chi connectivity index (χ3n) is 9.12. The van der Waals surface area contributed by atoms with E-state index in [0.29, 0.717) is 0 Å². The maximum absolute atomic E-state index is 13.0. The molecule has 1 fully saturated rings. The van der Waals surface area contributed by atoms with Crippen LogP contribution in [0, 0.1) is 0 Å². The normalized spacial score (nSPS) is 22.2. The van der Waals surface area contributed by atoms with Gasteiger partial charge in [-0.2, -0.15) is 0 Å². The van der Waals surface area contributed by atoms with Crippen molar-refractivity contribution in [2.45, 2.75) is 108 Å². The number of ketones is 1. The van der Waals surface area contributed by atoms with Crippen LogP contribution >= 0.6 is 0 Å². The second-order valence-electron chi connectivity index (χ2n) is 12.5. The summed E-state index contributed by atoms with van der Waals surface area (Å²) in [5, 5.41) is 38.3. The van der Waals surface area contributed by atoms with Crippen molar-refractivity contribution in [3.63, 3.8) is 0 Å². The van der Waals surface area contributed by atoms with Gasteiger partial charge in [-0.05, 0) is 50.4 Å². The van der Waals surface area contributed by atoms with Gasteiger partial charge in [0.05, 0.1) is 6.10 Å². The molecule has 0 saturated carbocycles. The molecule has 1 aliphatic heterocycles. The lowest BCUT2D eigenvalue weighted by Gasteiger charge is -2.40. The maximum Gasteiger partial charge on any atom is 0.305 e. The molecule has 1 saturated heterocycles. The summed E-state index contributed by atoms with van der Waals surface area (Å²) in [6.07, 6.45) is 7.06. The first-order valence-electron chi connectivity index (χ1n) is 16.6. The van der Waals surface area contributed by atoms with Gasteiger partial charge in [-0.15, -0.1) is 0 Å². The minimum Gasteiger partial charge on any atom is -0.463 e. The van der Waals surface area contributed by atoms with Crippen molar-refractivity contribution < 1.29 is 34.4 Å². The lowest BCUT2D eigenvalue weighted by Crippen LogP contribution is -2.59. The van der Waals surface area contributed by atoms with Gasteiger partial charge in [0.2, 0.25) is 0 Å². The molecule has 7 nitrogen and oxygen atoms in total. The van der Waals surface area contributed by atoms with Crippen LogP contribution < -0.4 is 0 Å². The van der Waals surface area contributed by atoms with Crippen LogP contribution in [0.4, 0.5) is 0 Å². The molecule has 4 aromatic carbocycles. The Morgan fingerprint density at radius 2 is 1.33 bits per heavy atom. The first-order chi connectivity index (χ1) is 21.9. The summed E-state index contributed by atoms with van der Waals surface area (Å²) >= 11 is 0. The molecular weight excluding hydrogens is 568 g/mol. The molecule has 0 radical (unpaired) electrons. The van der Waals surface area contributed by atoms with Gasteiger partial charge < -0.3 is 24.8 Å². The zero-order chi connectivity index (χ0) is 31.8. The van der Waals surface area contributed by atoms with E-state index in [1.807, 2.05) is 18.2 Å². The molecule has 0 amide bonds. The predicted molar refractivity (Wildman–Crippen MR) is 178 cm³/mol. The number of aliphatic hydroxyl groups is 3. The SMILES string of the molecule is CCCCCCCCCCCC(=O)OC[C@H]1O[C@@H](CC(=O)/C=C/c2ccc3ccc4cccc5ccc2c3c45)[C@H](O)[C@@H](O)[C@@H]1O. The van der Waals surface area contributed by atoms with Crippen LogP contribution in [0.5, 0.6) is 0 Å². The maximum atomic E-state index is 13.0. The number of hydrogen-bond donors (Lipinski definition) is 3. The molecule has 0 aromatic heterocycles. The topological polar surface area (TPSA) is 113 Å². The van der Waals surface area contributed by atoms with Crippen LogP contribution in [0.1, 0.15) is 83.1 Å². The largest absolute Gasteiger partial charge is 0.463 e. The number of ether oxygens (including phenoxy) is 2. The molecule has 7 heteroatoms. The summed E-state index contributed by atoms with van der Waals surface area (Å²) in [4.78, 5) is 25.3. The number of hydrogen-bond acceptors (Lipinski definition) is 7. The monoisotopic (exact) mass is 614 g/mol. The van der Waals surface area contributed by atoms with E-state index in [4.69, 9.17) is 9.47 Å². The van der Waals surface area contributed by atoms with Gasteiger partial charge in [0.25, 0.3) is 0 Å². The van der Waals surface area contributed by atoms with Crippen LogP contribution in [0.2, 0.25) is 0 Å². The second-order valence-corrected chi connectivity index (χ2v) is 12.5. The third-order valence-corrected chi connectivity index (χ3v) is 9.12. The van der Waals surface area contributed by atoms with E-state index >= 15 is 0 Å².